The molecule has 5 rings (SSSR count). The van der Waals surface area contributed by atoms with Gasteiger partial charge in [-0.15, -0.1) is 11.8 Å². The third-order valence-corrected chi connectivity index (χ3v) is 7.89. The summed E-state index contributed by atoms with van der Waals surface area (Å²) in [5.41, 5.74) is -0.126. The average Bonchev–Trinajstić information content (AvgIpc) is 3.55. The molecular formula is C23H28F3N5O2S. The minimum absolute atomic E-state index is 0.149. The van der Waals surface area contributed by atoms with Gasteiger partial charge < -0.3 is 19.9 Å². The van der Waals surface area contributed by atoms with E-state index in [0.717, 1.165) is 37.2 Å². The number of carbonyl (C=O) groups is 1. The number of amides is 1. The van der Waals surface area contributed by atoms with Crippen LogP contribution in [0.15, 0.2) is 24.3 Å². The van der Waals surface area contributed by atoms with Gasteiger partial charge in [0.15, 0.2) is 0 Å². The van der Waals surface area contributed by atoms with Gasteiger partial charge in [0.2, 0.25) is 5.91 Å². The minimum Gasteiger partial charge on any atom is -0.496 e. The molecule has 1 aromatic heterocycles. The van der Waals surface area contributed by atoms with Crippen LogP contribution in [0.3, 0.4) is 0 Å². The normalized spacial score (nSPS) is 24.2. The lowest BCUT2D eigenvalue weighted by atomic mass is 10.1. The van der Waals surface area contributed by atoms with E-state index in [1.165, 1.54) is 7.11 Å². The van der Waals surface area contributed by atoms with Crippen LogP contribution in [0.5, 0.6) is 5.75 Å². The zero-order valence-electron chi connectivity index (χ0n) is 19.0. The number of piperazine rings is 1. The molecule has 3 saturated heterocycles. The fourth-order valence-corrected chi connectivity index (χ4v) is 6.07. The van der Waals surface area contributed by atoms with E-state index >= 15 is 0 Å². The third kappa shape index (κ3) is 4.52. The smallest absolute Gasteiger partial charge is 0.433 e. The molecule has 0 aliphatic carbocycles. The predicted octanol–water partition coefficient (Wildman–Crippen LogP) is 2.65. The molecular weight excluding hydrogens is 467 g/mol. The van der Waals surface area contributed by atoms with Crippen LogP contribution in [0, 0.1) is 0 Å². The summed E-state index contributed by atoms with van der Waals surface area (Å²) >= 11 is 1.78. The number of methoxy groups -OCH3 is 1. The zero-order chi connectivity index (χ0) is 23.9. The number of hydrogen-bond donors (Lipinski definition) is 1. The number of ether oxygens (including phenoxy) is 1. The second-order valence-corrected chi connectivity index (χ2v) is 9.97. The number of anilines is 1. The van der Waals surface area contributed by atoms with Crippen LogP contribution in [-0.2, 0) is 11.0 Å². The van der Waals surface area contributed by atoms with E-state index in [1.54, 1.807) is 30.0 Å². The summed E-state index contributed by atoms with van der Waals surface area (Å²) in [6, 6.07) is 6.23. The molecule has 34 heavy (non-hydrogen) atoms. The van der Waals surface area contributed by atoms with Gasteiger partial charge in [-0.3, -0.25) is 9.69 Å². The fourth-order valence-electron chi connectivity index (χ4n) is 5.12. The largest absolute Gasteiger partial charge is 0.496 e. The number of halogens is 3. The standard InChI is InChI=1S/C23H28F3N5O2S/c1-33-19-4-2-3-16-21(19)18(12-20(28-16)23(24,25)26)30-7-5-29(6-8-30)15-11-17(27-13-15)22(32)31-9-10-34-14-31/h2-4,12,15,17,27H,5-11,13-14H2,1H3/t15-,17-/m0/s1. The second-order valence-electron chi connectivity index (χ2n) is 8.89. The molecule has 3 fully saturated rings. The fraction of sp³-hybridized carbons (Fsp3) is 0.565. The molecule has 2 aromatic rings. The Morgan fingerprint density at radius 2 is 2.00 bits per heavy atom. The first-order chi connectivity index (χ1) is 16.3. The Morgan fingerprint density at radius 1 is 1.21 bits per heavy atom. The molecule has 2 atom stereocenters. The van der Waals surface area contributed by atoms with E-state index in [1.807, 2.05) is 9.80 Å². The number of alkyl halides is 3. The van der Waals surface area contributed by atoms with E-state index in [0.29, 0.717) is 43.0 Å². The summed E-state index contributed by atoms with van der Waals surface area (Å²) in [5, 5.41) is 3.98. The summed E-state index contributed by atoms with van der Waals surface area (Å²) in [5.74, 6) is 2.46. The Kier molecular flexibility index (Phi) is 6.51. The van der Waals surface area contributed by atoms with Crippen LogP contribution in [-0.4, -0.2) is 90.8 Å². The molecule has 4 heterocycles. The molecule has 184 valence electrons. The summed E-state index contributed by atoms with van der Waals surface area (Å²) in [6.45, 7) is 4.18. The number of hydrogen-bond acceptors (Lipinski definition) is 7. The molecule has 7 nitrogen and oxygen atoms in total. The monoisotopic (exact) mass is 495 g/mol. The molecule has 0 saturated carbocycles. The quantitative estimate of drug-likeness (QED) is 0.700. The van der Waals surface area contributed by atoms with Crippen molar-refractivity contribution >= 4 is 34.3 Å². The van der Waals surface area contributed by atoms with Crippen molar-refractivity contribution in [3.63, 3.8) is 0 Å². The van der Waals surface area contributed by atoms with Crippen molar-refractivity contribution in [2.24, 2.45) is 0 Å². The summed E-state index contributed by atoms with van der Waals surface area (Å²) in [7, 11) is 1.51. The molecule has 0 unspecified atom stereocenters. The maximum Gasteiger partial charge on any atom is 0.433 e. The number of pyridine rings is 1. The van der Waals surface area contributed by atoms with Crippen molar-refractivity contribution < 1.29 is 22.7 Å². The van der Waals surface area contributed by atoms with Gasteiger partial charge in [0.25, 0.3) is 0 Å². The number of nitrogens with zero attached hydrogens (tertiary/aromatic N) is 4. The summed E-state index contributed by atoms with van der Waals surface area (Å²) in [6.07, 6.45) is -3.76. The van der Waals surface area contributed by atoms with Crippen LogP contribution in [0.2, 0.25) is 0 Å². The van der Waals surface area contributed by atoms with Crippen molar-refractivity contribution in [3.05, 3.63) is 30.0 Å². The molecule has 3 aliphatic heterocycles. The lowest BCUT2D eigenvalue weighted by molar-refractivity contribution is -0.141. The number of rotatable bonds is 4. The van der Waals surface area contributed by atoms with Gasteiger partial charge in [-0.05, 0) is 24.6 Å². The van der Waals surface area contributed by atoms with Gasteiger partial charge in [0.05, 0.1) is 35.6 Å². The molecule has 0 radical (unpaired) electrons. The maximum atomic E-state index is 13.6. The Hall–Kier alpha value is -2.24. The Morgan fingerprint density at radius 3 is 2.68 bits per heavy atom. The van der Waals surface area contributed by atoms with Crippen LogP contribution in [0.1, 0.15) is 12.1 Å². The molecule has 0 spiro atoms. The van der Waals surface area contributed by atoms with Gasteiger partial charge in [0, 0.05) is 51.1 Å². The third-order valence-electron chi connectivity index (χ3n) is 6.93. The number of nitrogens with one attached hydrogen (secondary N) is 1. The summed E-state index contributed by atoms with van der Waals surface area (Å²) < 4.78 is 46.2. The number of benzene rings is 1. The van der Waals surface area contributed by atoms with Crippen molar-refractivity contribution in [2.75, 3.05) is 62.9 Å². The number of fused-ring (bicyclic) bond motifs is 1. The average molecular weight is 496 g/mol. The first-order valence-electron chi connectivity index (χ1n) is 11.5. The Bertz CT molecular complexity index is 1050. The van der Waals surface area contributed by atoms with Gasteiger partial charge in [-0.2, -0.15) is 13.2 Å². The van der Waals surface area contributed by atoms with Crippen molar-refractivity contribution in [1.29, 1.82) is 0 Å². The highest BCUT2D eigenvalue weighted by Crippen LogP contribution is 2.39. The molecule has 1 aromatic carbocycles. The van der Waals surface area contributed by atoms with Crippen LogP contribution in [0.4, 0.5) is 18.9 Å². The molecule has 1 N–H and O–H groups in total. The SMILES string of the molecule is COc1cccc2nc(C(F)(F)F)cc(N3CCN([C@@H]4CN[C@H](C(=O)N5CCSC5)C4)CC3)c12. The maximum absolute atomic E-state index is 13.6. The summed E-state index contributed by atoms with van der Waals surface area (Å²) in [4.78, 5) is 22.8. The van der Waals surface area contributed by atoms with Gasteiger partial charge in [-0.1, -0.05) is 6.07 Å². The van der Waals surface area contributed by atoms with E-state index < -0.39 is 11.9 Å². The Labute approximate surface area is 200 Å². The number of carbonyl (C=O) groups excluding carboxylic acids is 1. The highest BCUT2D eigenvalue weighted by atomic mass is 32.2. The highest BCUT2D eigenvalue weighted by Gasteiger charge is 2.38. The first-order valence-corrected chi connectivity index (χ1v) is 12.6. The number of thioether (sulfide) groups is 1. The number of aromatic nitrogens is 1. The topological polar surface area (TPSA) is 60.9 Å². The first kappa shape index (κ1) is 23.5. The van der Waals surface area contributed by atoms with Crippen LogP contribution >= 0.6 is 11.8 Å². The van der Waals surface area contributed by atoms with Crippen LogP contribution in [0.25, 0.3) is 10.9 Å². The van der Waals surface area contributed by atoms with E-state index in [4.69, 9.17) is 4.74 Å². The van der Waals surface area contributed by atoms with Crippen molar-refractivity contribution in [2.45, 2.75) is 24.7 Å². The van der Waals surface area contributed by atoms with E-state index in [9.17, 15) is 18.0 Å². The highest BCUT2D eigenvalue weighted by molar-refractivity contribution is 7.99. The Balaban J connectivity index is 1.31. The van der Waals surface area contributed by atoms with Gasteiger partial charge in [-0.25, -0.2) is 4.98 Å². The second kappa shape index (κ2) is 9.43. The molecule has 1 amide bonds. The molecule has 0 bridgehead atoms. The molecule has 11 heteroatoms. The van der Waals surface area contributed by atoms with Crippen molar-refractivity contribution in [3.8, 4) is 5.75 Å². The van der Waals surface area contributed by atoms with E-state index in [-0.39, 0.29) is 23.5 Å². The van der Waals surface area contributed by atoms with Crippen LogP contribution < -0.4 is 15.0 Å². The lowest BCUT2D eigenvalue weighted by Gasteiger charge is -2.39. The lowest BCUT2D eigenvalue weighted by Crippen LogP contribution is -2.51. The predicted molar refractivity (Wildman–Crippen MR) is 126 cm³/mol. The molecule has 3 aliphatic rings. The van der Waals surface area contributed by atoms with Gasteiger partial charge >= 0.3 is 6.18 Å². The van der Waals surface area contributed by atoms with Gasteiger partial charge in [0.1, 0.15) is 11.4 Å². The minimum atomic E-state index is -4.53. The zero-order valence-corrected chi connectivity index (χ0v) is 19.8. The van der Waals surface area contributed by atoms with E-state index in [2.05, 4.69) is 15.2 Å². The van der Waals surface area contributed by atoms with Crippen molar-refractivity contribution in [1.82, 2.24) is 20.1 Å².